The van der Waals surface area contributed by atoms with Crippen molar-refractivity contribution in [2.75, 3.05) is 13.2 Å². The summed E-state index contributed by atoms with van der Waals surface area (Å²) in [5.74, 6) is -1.86. The van der Waals surface area contributed by atoms with Crippen molar-refractivity contribution >= 4 is 11.8 Å². The lowest BCUT2D eigenvalue weighted by molar-refractivity contribution is -0.223. The van der Waals surface area contributed by atoms with E-state index in [1.165, 1.54) is 0 Å². The molecule has 1 saturated heterocycles. The number of hydrogen-bond acceptors (Lipinski definition) is 8. The minimum Gasteiger partial charge on any atom is -0.394 e. The summed E-state index contributed by atoms with van der Waals surface area (Å²) in [5, 5.41) is 29.9. The number of hydrogen-bond donors (Lipinski definition) is 5. The third-order valence-corrected chi connectivity index (χ3v) is 4.17. The van der Waals surface area contributed by atoms with Crippen LogP contribution >= 0.6 is 0 Å². The highest BCUT2D eigenvalue weighted by Gasteiger charge is 2.68. The summed E-state index contributed by atoms with van der Waals surface area (Å²) in [4.78, 5) is 10.0. The van der Waals surface area contributed by atoms with Gasteiger partial charge in [-0.1, -0.05) is 0 Å². The molecule has 3 heterocycles. The van der Waals surface area contributed by atoms with E-state index in [9.17, 15) is 15.3 Å². The zero-order valence-electron chi connectivity index (χ0n) is 9.82. The van der Waals surface area contributed by atoms with Crippen molar-refractivity contribution in [3.05, 3.63) is 0 Å². The van der Waals surface area contributed by atoms with Gasteiger partial charge in [0.1, 0.15) is 0 Å². The van der Waals surface area contributed by atoms with Gasteiger partial charge < -0.3 is 31.7 Å². The molecule has 0 amide bonds. The van der Waals surface area contributed by atoms with Crippen LogP contribution in [0.2, 0.25) is 0 Å². The molecule has 0 radical (unpaired) electrons. The van der Waals surface area contributed by atoms with E-state index in [1.54, 1.807) is 4.90 Å². The zero-order valence-corrected chi connectivity index (χ0v) is 9.82. The lowest BCUT2D eigenvalue weighted by atomic mass is 9.80. The molecule has 0 aromatic rings. The van der Waals surface area contributed by atoms with Gasteiger partial charge in [0, 0.05) is 25.3 Å². The number of nitrogens with zero attached hydrogens (tertiary/aromatic N) is 3. The summed E-state index contributed by atoms with van der Waals surface area (Å²) < 4.78 is 0. The van der Waals surface area contributed by atoms with Crippen LogP contribution < -0.4 is 11.5 Å². The molecule has 1 spiro atoms. The molecular formula is C10H17N5O3. The highest BCUT2D eigenvalue weighted by molar-refractivity contribution is 5.87. The first-order valence-electron chi connectivity index (χ1n) is 5.93. The average molecular weight is 255 g/mol. The van der Waals surface area contributed by atoms with E-state index in [0.717, 1.165) is 0 Å². The van der Waals surface area contributed by atoms with Crippen LogP contribution in [0.15, 0.2) is 9.98 Å². The normalized spacial score (nSPS) is 41.2. The van der Waals surface area contributed by atoms with E-state index >= 15 is 0 Å². The molecule has 0 aromatic carbocycles. The molecule has 0 saturated carbocycles. The van der Waals surface area contributed by atoms with Crippen molar-refractivity contribution in [1.82, 2.24) is 4.90 Å². The number of guanidine groups is 1. The van der Waals surface area contributed by atoms with Crippen LogP contribution in [0.25, 0.3) is 0 Å². The largest absolute Gasteiger partial charge is 0.394 e. The van der Waals surface area contributed by atoms with Crippen LogP contribution in [0, 0.1) is 5.92 Å². The molecule has 3 atom stereocenters. The molecule has 100 valence electrons. The van der Waals surface area contributed by atoms with Crippen molar-refractivity contribution in [1.29, 1.82) is 0 Å². The predicted octanol–water partition coefficient (Wildman–Crippen LogP) is -2.86. The van der Waals surface area contributed by atoms with Crippen molar-refractivity contribution in [2.24, 2.45) is 27.4 Å². The number of rotatable bonds is 1. The summed E-state index contributed by atoms with van der Waals surface area (Å²) in [7, 11) is 0. The molecule has 0 bridgehead atoms. The third kappa shape index (κ3) is 1.15. The third-order valence-electron chi connectivity index (χ3n) is 4.17. The minimum absolute atomic E-state index is 0.120. The van der Waals surface area contributed by atoms with Crippen LogP contribution in [-0.4, -0.2) is 62.7 Å². The Kier molecular flexibility index (Phi) is 2.17. The van der Waals surface area contributed by atoms with Crippen LogP contribution in [0.4, 0.5) is 0 Å². The Morgan fingerprint density at radius 1 is 1.39 bits per heavy atom. The van der Waals surface area contributed by atoms with Gasteiger partial charge in [-0.2, -0.15) is 0 Å². The highest BCUT2D eigenvalue weighted by Crippen LogP contribution is 2.51. The highest BCUT2D eigenvalue weighted by atomic mass is 16.5. The molecule has 8 heteroatoms. The van der Waals surface area contributed by atoms with Gasteiger partial charge in [-0.05, 0) is 0 Å². The van der Waals surface area contributed by atoms with Crippen LogP contribution in [0.5, 0.6) is 0 Å². The first-order chi connectivity index (χ1) is 8.42. The Balaban J connectivity index is 2.17. The maximum atomic E-state index is 10.3. The van der Waals surface area contributed by atoms with Gasteiger partial charge in [-0.3, -0.25) is 0 Å². The van der Waals surface area contributed by atoms with Crippen LogP contribution in [-0.2, 0) is 0 Å². The van der Waals surface area contributed by atoms with Crippen molar-refractivity contribution in [2.45, 2.75) is 30.3 Å². The van der Waals surface area contributed by atoms with Crippen LogP contribution in [0.3, 0.4) is 0 Å². The predicted molar refractivity (Wildman–Crippen MR) is 63.4 cm³/mol. The summed E-state index contributed by atoms with van der Waals surface area (Å²) >= 11 is 0. The number of aliphatic imine (C=N–C) groups is 2. The van der Waals surface area contributed by atoms with Crippen molar-refractivity contribution < 1.29 is 15.3 Å². The van der Waals surface area contributed by atoms with Gasteiger partial charge in [0.15, 0.2) is 11.6 Å². The first kappa shape index (κ1) is 11.7. The second-order valence-corrected chi connectivity index (χ2v) is 5.10. The first-order valence-corrected chi connectivity index (χ1v) is 5.93. The summed E-state index contributed by atoms with van der Waals surface area (Å²) in [6.07, 6.45) is 0.496. The Hall–Kier alpha value is -1.38. The molecule has 1 fully saturated rings. The van der Waals surface area contributed by atoms with Crippen molar-refractivity contribution in [3.63, 3.8) is 0 Å². The van der Waals surface area contributed by atoms with Crippen molar-refractivity contribution in [3.8, 4) is 0 Å². The standard InChI is InChI=1S/C10H17N5O3/c11-7-3-5-6(4-16)13-8(12)15-2-1-9(17,18)10(5,15)14-7/h5-6,16-18H,1-4H2,(H2,11,14)(H2,12,13). The van der Waals surface area contributed by atoms with Gasteiger partial charge in [-0.25, -0.2) is 9.98 Å². The topological polar surface area (TPSA) is 141 Å². The average Bonchev–Trinajstić information content (AvgIpc) is 2.77. The van der Waals surface area contributed by atoms with Gasteiger partial charge in [0.25, 0.3) is 0 Å². The van der Waals surface area contributed by atoms with Gasteiger partial charge in [0.05, 0.1) is 18.5 Å². The van der Waals surface area contributed by atoms with E-state index in [2.05, 4.69) is 9.98 Å². The lowest BCUT2D eigenvalue weighted by Gasteiger charge is -2.47. The minimum atomic E-state index is -2.01. The molecule has 3 aliphatic rings. The Bertz CT molecular complexity index is 449. The SMILES string of the molecule is NC1=NC23C(C1)C(CO)N=C(N)N2CCC3(O)O. The Labute approximate surface area is 104 Å². The zero-order chi connectivity index (χ0) is 13.1. The second-order valence-electron chi connectivity index (χ2n) is 5.10. The number of aliphatic hydroxyl groups excluding tert-OH is 1. The summed E-state index contributed by atoms with van der Waals surface area (Å²) in [6.45, 7) is 0.133. The van der Waals surface area contributed by atoms with E-state index in [4.69, 9.17) is 11.5 Å². The molecule has 3 aliphatic heterocycles. The Morgan fingerprint density at radius 2 is 2.11 bits per heavy atom. The summed E-state index contributed by atoms with van der Waals surface area (Å²) in [6, 6.07) is -0.511. The maximum absolute atomic E-state index is 10.3. The van der Waals surface area contributed by atoms with E-state index in [-0.39, 0.29) is 24.9 Å². The quantitative estimate of drug-likeness (QED) is 0.319. The monoisotopic (exact) mass is 255 g/mol. The number of nitrogens with two attached hydrogens (primary N) is 2. The fourth-order valence-electron chi connectivity index (χ4n) is 3.39. The molecule has 7 N–H and O–H groups in total. The second kappa shape index (κ2) is 3.34. The van der Waals surface area contributed by atoms with Gasteiger partial charge in [0.2, 0.25) is 5.79 Å². The molecule has 0 aromatic heterocycles. The lowest BCUT2D eigenvalue weighted by Crippen LogP contribution is -2.67. The molecule has 18 heavy (non-hydrogen) atoms. The van der Waals surface area contributed by atoms with Crippen LogP contribution in [0.1, 0.15) is 12.8 Å². The molecular weight excluding hydrogens is 238 g/mol. The fraction of sp³-hybridized carbons (Fsp3) is 0.800. The number of amidine groups is 1. The summed E-state index contributed by atoms with van der Waals surface area (Å²) in [5.41, 5.74) is 10.3. The maximum Gasteiger partial charge on any atom is 0.210 e. The van der Waals surface area contributed by atoms with E-state index < -0.39 is 17.5 Å². The molecule has 3 unspecified atom stereocenters. The van der Waals surface area contributed by atoms with Gasteiger partial charge in [-0.15, -0.1) is 0 Å². The molecule has 0 aliphatic carbocycles. The van der Waals surface area contributed by atoms with E-state index in [1.807, 2.05) is 0 Å². The smallest absolute Gasteiger partial charge is 0.210 e. The van der Waals surface area contributed by atoms with E-state index in [0.29, 0.717) is 18.8 Å². The number of aliphatic hydroxyl groups is 3. The fourth-order valence-corrected chi connectivity index (χ4v) is 3.39. The van der Waals surface area contributed by atoms with Gasteiger partial charge >= 0.3 is 0 Å². The molecule has 8 nitrogen and oxygen atoms in total. The molecule has 3 rings (SSSR count). The Morgan fingerprint density at radius 3 is 2.78 bits per heavy atom.